The highest BCUT2D eigenvalue weighted by Gasteiger charge is 2.43. The third-order valence-corrected chi connectivity index (χ3v) is 8.38. The maximum Gasteiger partial charge on any atom is 0.269 e. The molecule has 0 saturated carbocycles. The molecular formula is C29H30FN3O5S. The summed E-state index contributed by atoms with van der Waals surface area (Å²) in [6.07, 6.45) is 1.68. The highest BCUT2D eigenvalue weighted by Crippen LogP contribution is 2.30. The molecule has 1 heterocycles. The molecule has 0 aliphatic carbocycles. The predicted octanol–water partition coefficient (Wildman–Crippen LogP) is 3.53. The lowest BCUT2D eigenvalue weighted by Gasteiger charge is -2.32. The van der Waals surface area contributed by atoms with Crippen LogP contribution in [0.3, 0.4) is 0 Å². The molecule has 1 aliphatic rings. The van der Waals surface area contributed by atoms with Crippen molar-refractivity contribution < 1.29 is 27.2 Å². The van der Waals surface area contributed by atoms with Crippen molar-refractivity contribution in [2.24, 2.45) is 0 Å². The van der Waals surface area contributed by atoms with E-state index >= 15 is 0 Å². The molecule has 4 rings (SSSR count). The van der Waals surface area contributed by atoms with Crippen LogP contribution in [0.2, 0.25) is 0 Å². The smallest absolute Gasteiger partial charge is 0.269 e. The van der Waals surface area contributed by atoms with Crippen LogP contribution < -0.4 is 5.32 Å². The molecular weight excluding hydrogens is 521 g/mol. The molecule has 1 atom stereocenters. The Hall–Kier alpha value is -4.05. The first-order valence-electron chi connectivity index (χ1n) is 12.7. The molecule has 3 amide bonds. The van der Waals surface area contributed by atoms with Crippen LogP contribution in [0, 0.1) is 5.82 Å². The Kier molecular flexibility index (Phi) is 8.75. The molecule has 1 N–H and O–H groups in total. The molecule has 0 radical (unpaired) electrons. The van der Waals surface area contributed by atoms with Crippen molar-refractivity contribution in [3.05, 3.63) is 101 Å². The molecule has 3 aromatic rings. The number of amides is 3. The minimum absolute atomic E-state index is 0.0240. The van der Waals surface area contributed by atoms with Gasteiger partial charge in [-0.15, -0.1) is 0 Å². The fraction of sp³-hybridized carbons (Fsp3) is 0.276. The maximum absolute atomic E-state index is 14.7. The molecule has 0 bridgehead atoms. The number of fused-ring (bicyclic) bond motifs is 1. The number of carbonyl (C=O) groups excluding carboxylic acids is 3. The number of benzene rings is 3. The summed E-state index contributed by atoms with van der Waals surface area (Å²) >= 11 is 0. The van der Waals surface area contributed by atoms with E-state index in [-0.39, 0.29) is 29.0 Å². The van der Waals surface area contributed by atoms with Gasteiger partial charge in [-0.25, -0.2) is 17.1 Å². The van der Waals surface area contributed by atoms with Crippen LogP contribution in [0.1, 0.15) is 41.3 Å². The Morgan fingerprint density at radius 3 is 2.33 bits per heavy atom. The van der Waals surface area contributed by atoms with E-state index in [9.17, 15) is 27.2 Å². The molecule has 39 heavy (non-hydrogen) atoms. The van der Waals surface area contributed by atoms with Crippen molar-refractivity contribution >= 4 is 27.7 Å². The number of hydrogen-bond donors (Lipinski definition) is 1. The molecule has 10 heteroatoms. The highest BCUT2D eigenvalue weighted by molar-refractivity contribution is 7.90. The zero-order chi connectivity index (χ0) is 28.0. The molecule has 0 spiro atoms. The van der Waals surface area contributed by atoms with E-state index in [1.54, 1.807) is 24.3 Å². The average molecular weight is 552 g/mol. The summed E-state index contributed by atoms with van der Waals surface area (Å²) in [6.45, 7) is 1.25. The van der Waals surface area contributed by atoms with Crippen molar-refractivity contribution in [1.29, 1.82) is 0 Å². The summed E-state index contributed by atoms with van der Waals surface area (Å²) in [5.74, 6) is -2.64. The Balaban J connectivity index is 1.70. The summed E-state index contributed by atoms with van der Waals surface area (Å²) in [5, 5.41) is 2.85. The number of halogens is 1. The predicted molar refractivity (Wildman–Crippen MR) is 143 cm³/mol. The summed E-state index contributed by atoms with van der Waals surface area (Å²) in [4.78, 5) is 41.3. The molecule has 3 aromatic carbocycles. The van der Waals surface area contributed by atoms with E-state index in [4.69, 9.17) is 0 Å². The van der Waals surface area contributed by atoms with Gasteiger partial charge >= 0.3 is 0 Å². The SMILES string of the molecule is CCCCNC(=O)C(Cc1ccccc1)N(Cc1ccccc1F)C(=O)CN1C(=O)c2ccccc2S1(=O)=O. The fourth-order valence-electron chi connectivity index (χ4n) is 4.47. The standard InChI is InChI=1S/C29H30FN3O5S/c1-2-3-17-31-28(35)25(18-21-11-5-4-6-12-21)32(19-22-13-7-9-15-24(22)30)27(34)20-33-29(36)23-14-8-10-16-26(23)39(33,37)38/h4-16,25H,2-3,17-20H2,1H3,(H,31,35). The molecule has 8 nitrogen and oxygen atoms in total. The second kappa shape index (κ2) is 12.2. The number of carbonyl (C=O) groups is 3. The number of unbranched alkanes of at least 4 members (excludes halogenated alkanes) is 1. The first-order chi connectivity index (χ1) is 18.7. The van der Waals surface area contributed by atoms with Crippen LogP contribution in [0.4, 0.5) is 4.39 Å². The van der Waals surface area contributed by atoms with Gasteiger partial charge in [0, 0.05) is 25.1 Å². The Morgan fingerprint density at radius 1 is 0.974 bits per heavy atom. The minimum Gasteiger partial charge on any atom is -0.354 e. The molecule has 0 saturated heterocycles. The van der Waals surface area contributed by atoms with Crippen molar-refractivity contribution in [2.45, 2.75) is 43.7 Å². The van der Waals surface area contributed by atoms with Crippen molar-refractivity contribution in [3.63, 3.8) is 0 Å². The van der Waals surface area contributed by atoms with E-state index in [0.717, 1.165) is 18.4 Å². The Labute approximate surface area is 227 Å². The van der Waals surface area contributed by atoms with Gasteiger partial charge < -0.3 is 10.2 Å². The number of rotatable bonds is 11. The van der Waals surface area contributed by atoms with Gasteiger partial charge in [-0.2, -0.15) is 0 Å². The monoisotopic (exact) mass is 551 g/mol. The van der Waals surface area contributed by atoms with Crippen LogP contribution >= 0.6 is 0 Å². The van der Waals surface area contributed by atoms with Crippen molar-refractivity contribution in [2.75, 3.05) is 13.1 Å². The van der Waals surface area contributed by atoms with Gasteiger partial charge in [-0.1, -0.05) is 74.0 Å². The minimum atomic E-state index is -4.27. The number of nitrogens with one attached hydrogen (secondary N) is 1. The van der Waals surface area contributed by atoms with Crippen LogP contribution in [0.5, 0.6) is 0 Å². The summed E-state index contributed by atoms with van der Waals surface area (Å²) in [6, 6.07) is 19.6. The van der Waals surface area contributed by atoms with Crippen LogP contribution in [-0.2, 0) is 32.6 Å². The van der Waals surface area contributed by atoms with Crippen LogP contribution in [-0.4, -0.2) is 54.5 Å². The van der Waals surface area contributed by atoms with Gasteiger partial charge in [-0.05, 0) is 30.2 Å². The van der Waals surface area contributed by atoms with E-state index in [2.05, 4.69) is 5.32 Å². The normalized spacial score (nSPS) is 14.5. The van der Waals surface area contributed by atoms with Crippen LogP contribution in [0.15, 0.2) is 83.8 Å². The third-order valence-electron chi connectivity index (χ3n) is 6.59. The second-order valence-corrected chi connectivity index (χ2v) is 11.1. The Bertz CT molecular complexity index is 1460. The summed E-state index contributed by atoms with van der Waals surface area (Å²) in [7, 11) is -4.27. The van der Waals surface area contributed by atoms with Crippen molar-refractivity contribution in [3.8, 4) is 0 Å². The number of nitrogens with zero attached hydrogens (tertiary/aromatic N) is 2. The largest absolute Gasteiger partial charge is 0.354 e. The highest BCUT2D eigenvalue weighted by atomic mass is 32.2. The lowest BCUT2D eigenvalue weighted by atomic mass is 10.0. The zero-order valence-corrected chi connectivity index (χ0v) is 22.4. The van der Waals surface area contributed by atoms with Gasteiger partial charge in [0.05, 0.1) is 5.56 Å². The molecule has 204 valence electrons. The lowest BCUT2D eigenvalue weighted by Crippen LogP contribution is -2.53. The summed E-state index contributed by atoms with van der Waals surface area (Å²) < 4.78 is 41.5. The van der Waals surface area contributed by atoms with Gasteiger partial charge in [0.25, 0.3) is 15.9 Å². The fourth-order valence-corrected chi connectivity index (χ4v) is 5.99. The van der Waals surface area contributed by atoms with Gasteiger partial charge in [0.2, 0.25) is 11.8 Å². The number of hydrogen-bond acceptors (Lipinski definition) is 5. The first kappa shape index (κ1) is 28.0. The molecule has 1 unspecified atom stereocenters. The molecule has 0 aromatic heterocycles. The molecule has 0 fully saturated rings. The van der Waals surface area contributed by atoms with E-state index in [1.165, 1.54) is 41.3 Å². The van der Waals surface area contributed by atoms with E-state index in [0.29, 0.717) is 10.8 Å². The second-order valence-electron chi connectivity index (χ2n) is 9.28. The van der Waals surface area contributed by atoms with Gasteiger partial charge in [0.1, 0.15) is 23.3 Å². The average Bonchev–Trinajstić information content (AvgIpc) is 3.12. The quantitative estimate of drug-likeness (QED) is 0.367. The maximum atomic E-state index is 14.7. The third kappa shape index (κ3) is 6.17. The van der Waals surface area contributed by atoms with Crippen molar-refractivity contribution in [1.82, 2.24) is 14.5 Å². The van der Waals surface area contributed by atoms with E-state index < -0.39 is 46.1 Å². The van der Waals surface area contributed by atoms with Gasteiger partial charge in [-0.3, -0.25) is 14.4 Å². The molecule has 1 aliphatic heterocycles. The zero-order valence-electron chi connectivity index (χ0n) is 21.5. The van der Waals surface area contributed by atoms with E-state index in [1.807, 2.05) is 25.1 Å². The van der Waals surface area contributed by atoms with Gasteiger partial charge in [0.15, 0.2) is 0 Å². The summed E-state index contributed by atoms with van der Waals surface area (Å²) in [5.41, 5.74) is 0.894. The topological polar surface area (TPSA) is 104 Å². The number of sulfonamides is 1. The first-order valence-corrected chi connectivity index (χ1v) is 14.2. The Morgan fingerprint density at radius 2 is 1.64 bits per heavy atom. The lowest BCUT2D eigenvalue weighted by molar-refractivity contribution is -0.141. The van der Waals surface area contributed by atoms with Crippen LogP contribution in [0.25, 0.3) is 0 Å².